The molecule has 0 atom stereocenters. The van der Waals surface area contributed by atoms with Crippen LogP contribution in [-0.2, 0) is 6.18 Å². The molecule has 0 bridgehead atoms. The van der Waals surface area contributed by atoms with Gasteiger partial charge < -0.3 is 10.5 Å². The fraction of sp³-hybridized carbons (Fsp3) is 0.0769. The van der Waals surface area contributed by atoms with E-state index in [0.29, 0.717) is 10.0 Å². The zero-order valence-corrected chi connectivity index (χ0v) is 11.4. The molecule has 0 fully saturated rings. The van der Waals surface area contributed by atoms with E-state index in [2.05, 4.69) is 0 Å². The highest BCUT2D eigenvalue weighted by Gasteiger charge is 2.33. The molecule has 0 saturated carbocycles. The van der Waals surface area contributed by atoms with Gasteiger partial charge in [0.25, 0.3) is 0 Å². The fourth-order valence-electron chi connectivity index (χ4n) is 1.57. The van der Waals surface area contributed by atoms with Crippen LogP contribution in [0.1, 0.15) is 5.56 Å². The van der Waals surface area contributed by atoms with E-state index in [-0.39, 0.29) is 17.2 Å². The van der Waals surface area contributed by atoms with Crippen molar-refractivity contribution in [2.75, 3.05) is 5.73 Å². The van der Waals surface area contributed by atoms with Gasteiger partial charge in [-0.25, -0.2) is 0 Å². The van der Waals surface area contributed by atoms with Gasteiger partial charge in [-0.1, -0.05) is 23.2 Å². The van der Waals surface area contributed by atoms with Crippen LogP contribution < -0.4 is 10.5 Å². The van der Waals surface area contributed by atoms with Gasteiger partial charge in [-0.15, -0.1) is 0 Å². The number of ether oxygens (including phenoxy) is 1. The van der Waals surface area contributed by atoms with Crippen molar-refractivity contribution in [2.45, 2.75) is 6.18 Å². The average Bonchev–Trinajstić information content (AvgIpc) is 2.29. The van der Waals surface area contributed by atoms with Crippen LogP contribution in [0.5, 0.6) is 11.5 Å². The fourth-order valence-corrected chi connectivity index (χ4v) is 2.07. The summed E-state index contributed by atoms with van der Waals surface area (Å²) >= 11 is 11.6. The van der Waals surface area contributed by atoms with E-state index in [4.69, 9.17) is 33.7 Å². The lowest BCUT2D eigenvalue weighted by atomic mass is 10.1. The maximum atomic E-state index is 12.7. The number of alkyl halides is 3. The van der Waals surface area contributed by atoms with Crippen molar-refractivity contribution in [2.24, 2.45) is 0 Å². The molecule has 0 radical (unpaired) electrons. The van der Waals surface area contributed by atoms with Crippen molar-refractivity contribution in [3.05, 3.63) is 52.0 Å². The minimum absolute atomic E-state index is 0.00939. The van der Waals surface area contributed by atoms with Crippen molar-refractivity contribution in [3.63, 3.8) is 0 Å². The number of nitrogens with two attached hydrogens (primary N) is 1. The van der Waals surface area contributed by atoms with Crippen molar-refractivity contribution < 1.29 is 17.9 Å². The summed E-state index contributed by atoms with van der Waals surface area (Å²) in [6.45, 7) is 0. The number of hydrogen-bond donors (Lipinski definition) is 1. The van der Waals surface area contributed by atoms with Gasteiger partial charge >= 0.3 is 6.18 Å². The van der Waals surface area contributed by atoms with Crippen molar-refractivity contribution in [1.82, 2.24) is 0 Å². The van der Waals surface area contributed by atoms with Crippen molar-refractivity contribution >= 4 is 28.9 Å². The molecule has 0 aliphatic carbocycles. The summed E-state index contributed by atoms with van der Waals surface area (Å²) in [7, 11) is 0. The molecular formula is C13H8Cl2F3NO. The Morgan fingerprint density at radius 2 is 1.50 bits per heavy atom. The van der Waals surface area contributed by atoms with Gasteiger partial charge in [-0.05, 0) is 36.4 Å². The monoisotopic (exact) mass is 321 g/mol. The molecule has 0 unspecified atom stereocenters. The zero-order chi connectivity index (χ0) is 14.9. The molecule has 0 spiro atoms. The Labute approximate surface area is 122 Å². The molecule has 2 nitrogen and oxygen atoms in total. The first-order chi connectivity index (χ1) is 9.25. The molecule has 0 aliphatic heterocycles. The first-order valence-corrected chi connectivity index (χ1v) is 6.12. The van der Waals surface area contributed by atoms with Gasteiger partial charge in [-0.2, -0.15) is 13.2 Å². The second-order valence-electron chi connectivity index (χ2n) is 3.95. The topological polar surface area (TPSA) is 35.2 Å². The number of benzene rings is 2. The number of anilines is 1. The van der Waals surface area contributed by atoms with E-state index in [1.54, 1.807) is 0 Å². The van der Waals surface area contributed by atoms with Crippen molar-refractivity contribution in [1.29, 1.82) is 0 Å². The summed E-state index contributed by atoms with van der Waals surface area (Å²) in [5, 5.41) is 0.637. The highest BCUT2D eigenvalue weighted by atomic mass is 35.5. The number of halogens is 5. The van der Waals surface area contributed by atoms with Gasteiger partial charge in [0.05, 0.1) is 5.56 Å². The van der Waals surface area contributed by atoms with E-state index in [1.807, 2.05) is 0 Å². The maximum Gasteiger partial charge on any atom is 0.418 e. The lowest BCUT2D eigenvalue weighted by molar-refractivity contribution is -0.137. The Morgan fingerprint density at radius 1 is 0.900 bits per heavy atom. The summed E-state index contributed by atoms with van der Waals surface area (Å²) in [5.74, 6) is 0.227. The standard InChI is InChI=1S/C13H8Cl2F3NO/c14-7-3-8(15)5-10(4-7)20-9-1-2-12(19)11(6-9)13(16,17)18/h1-6H,19H2. The van der Waals surface area contributed by atoms with Crippen LogP contribution in [0.25, 0.3) is 0 Å². The molecule has 0 aromatic heterocycles. The van der Waals surface area contributed by atoms with Crippen LogP contribution in [0.2, 0.25) is 10.0 Å². The number of rotatable bonds is 2. The molecule has 0 aliphatic rings. The summed E-state index contributed by atoms with van der Waals surface area (Å²) in [4.78, 5) is 0. The van der Waals surface area contributed by atoms with Crippen LogP contribution in [0.15, 0.2) is 36.4 Å². The van der Waals surface area contributed by atoms with E-state index < -0.39 is 11.7 Å². The van der Waals surface area contributed by atoms with E-state index in [1.165, 1.54) is 24.3 Å². The molecule has 7 heteroatoms. The van der Waals surface area contributed by atoms with Crippen LogP contribution in [0.3, 0.4) is 0 Å². The molecule has 2 aromatic carbocycles. The minimum Gasteiger partial charge on any atom is -0.457 e. The quantitative estimate of drug-likeness (QED) is 0.753. The van der Waals surface area contributed by atoms with Gasteiger partial charge in [0.1, 0.15) is 11.5 Å². The largest absolute Gasteiger partial charge is 0.457 e. The molecule has 0 amide bonds. The summed E-state index contributed by atoms with van der Waals surface area (Å²) in [6, 6.07) is 7.65. The smallest absolute Gasteiger partial charge is 0.418 e. The third-order valence-corrected chi connectivity index (χ3v) is 2.84. The first kappa shape index (κ1) is 14.8. The average molecular weight is 322 g/mol. The van der Waals surface area contributed by atoms with Gasteiger partial charge in [0, 0.05) is 15.7 Å². The van der Waals surface area contributed by atoms with Crippen LogP contribution >= 0.6 is 23.2 Å². The van der Waals surface area contributed by atoms with Gasteiger partial charge in [0.15, 0.2) is 0 Å². The van der Waals surface area contributed by atoms with Crippen molar-refractivity contribution in [3.8, 4) is 11.5 Å². The third-order valence-electron chi connectivity index (χ3n) is 2.40. The molecule has 2 aromatic rings. The highest BCUT2D eigenvalue weighted by molar-refractivity contribution is 6.34. The summed E-state index contributed by atoms with van der Waals surface area (Å²) in [6.07, 6.45) is -4.55. The predicted molar refractivity (Wildman–Crippen MR) is 72.4 cm³/mol. The summed E-state index contributed by atoms with van der Waals surface area (Å²) in [5.41, 5.74) is 3.98. The lowest BCUT2D eigenvalue weighted by Crippen LogP contribution is -2.08. The second kappa shape index (κ2) is 5.42. The Morgan fingerprint density at radius 3 is 2.05 bits per heavy atom. The van der Waals surface area contributed by atoms with E-state index >= 15 is 0 Å². The van der Waals surface area contributed by atoms with Crippen LogP contribution in [0.4, 0.5) is 18.9 Å². The maximum absolute atomic E-state index is 12.7. The zero-order valence-electron chi connectivity index (χ0n) is 9.84. The Balaban J connectivity index is 2.35. The van der Waals surface area contributed by atoms with E-state index in [0.717, 1.165) is 12.1 Å². The summed E-state index contributed by atoms with van der Waals surface area (Å²) < 4.78 is 43.5. The predicted octanol–water partition coefficient (Wildman–Crippen LogP) is 5.39. The molecule has 2 rings (SSSR count). The van der Waals surface area contributed by atoms with Gasteiger partial charge in [0.2, 0.25) is 0 Å². The Hall–Kier alpha value is -1.59. The normalized spacial score (nSPS) is 11.4. The first-order valence-electron chi connectivity index (χ1n) is 5.36. The van der Waals surface area contributed by atoms with E-state index in [9.17, 15) is 13.2 Å². The molecule has 2 N–H and O–H groups in total. The number of nitrogen functional groups attached to an aromatic ring is 1. The van der Waals surface area contributed by atoms with Gasteiger partial charge in [-0.3, -0.25) is 0 Å². The second-order valence-corrected chi connectivity index (χ2v) is 4.83. The highest BCUT2D eigenvalue weighted by Crippen LogP contribution is 2.37. The number of hydrogen-bond acceptors (Lipinski definition) is 2. The minimum atomic E-state index is -4.55. The van der Waals surface area contributed by atoms with Crippen LogP contribution in [-0.4, -0.2) is 0 Å². The molecular weight excluding hydrogens is 314 g/mol. The Bertz CT molecular complexity index is 624. The Kier molecular flexibility index (Phi) is 4.01. The lowest BCUT2D eigenvalue weighted by Gasteiger charge is -2.12. The molecule has 20 heavy (non-hydrogen) atoms. The molecule has 0 heterocycles. The molecule has 0 saturated heterocycles. The SMILES string of the molecule is Nc1ccc(Oc2cc(Cl)cc(Cl)c2)cc1C(F)(F)F. The third kappa shape index (κ3) is 3.49. The molecule has 106 valence electrons. The van der Waals surface area contributed by atoms with Crippen LogP contribution in [0, 0.1) is 0 Å².